The summed E-state index contributed by atoms with van der Waals surface area (Å²) in [6.45, 7) is 4.64. The Morgan fingerprint density at radius 2 is 1.82 bits per heavy atom. The van der Waals surface area contributed by atoms with Crippen molar-refractivity contribution < 1.29 is 18.2 Å². The van der Waals surface area contributed by atoms with Gasteiger partial charge in [-0.15, -0.1) is 0 Å². The summed E-state index contributed by atoms with van der Waals surface area (Å²) in [6.07, 6.45) is 3.06. The van der Waals surface area contributed by atoms with Crippen LogP contribution in [-0.2, 0) is 13.1 Å². The van der Waals surface area contributed by atoms with E-state index in [0.29, 0.717) is 23.8 Å². The minimum Gasteiger partial charge on any atom is -0.467 e. The highest BCUT2D eigenvalue weighted by atomic mass is 16.5. The Hall–Kier alpha value is -3.54. The van der Waals surface area contributed by atoms with Crippen LogP contribution in [0.25, 0.3) is 11.3 Å². The zero-order valence-electron chi connectivity index (χ0n) is 15.7. The van der Waals surface area contributed by atoms with E-state index in [1.807, 2.05) is 26.0 Å². The van der Waals surface area contributed by atoms with E-state index in [-0.39, 0.29) is 18.2 Å². The van der Waals surface area contributed by atoms with Gasteiger partial charge < -0.3 is 18.3 Å². The molecule has 0 radical (unpaired) electrons. The minimum atomic E-state index is -0.238. The number of carbonyl (C=O) groups excluding carboxylic acids is 1. The van der Waals surface area contributed by atoms with Crippen LogP contribution < -0.4 is 0 Å². The Kier molecular flexibility index (Phi) is 4.85. The summed E-state index contributed by atoms with van der Waals surface area (Å²) in [5, 5.41) is 4.17. The number of amides is 1. The molecule has 0 spiro atoms. The van der Waals surface area contributed by atoms with Gasteiger partial charge in [0.2, 0.25) is 0 Å². The molecule has 4 rings (SSSR count). The van der Waals surface area contributed by atoms with Crippen molar-refractivity contribution in [3.8, 4) is 11.3 Å². The van der Waals surface area contributed by atoms with Crippen LogP contribution in [0.1, 0.15) is 33.1 Å². The lowest BCUT2D eigenvalue weighted by Gasteiger charge is -2.19. The Morgan fingerprint density at radius 1 is 1.00 bits per heavy atom. The number of aryl methyl sites for hydroxylation is 2. The van der Waals surface area contributed by atoms with Crippen molar-refractivity contribution in [1.82, 2.24) is 10.1 Å². The zero-order valence-corrected chi connectivity index (χ0v) is 15.7. The van der Waals surface area contributed by atoms with Crippen LogP contribution in [-0.4, -0.2) is 16.0 Å². The van der Waals surface area contributed by atoms with Crippen molar-refractivity contribution in [2.75, 3.05) is 0 Å². The van der Waals surface area contributed by atoms with Gasteiger partial charge >= 0.3 is 0 Å². The highest BCUT2D eigenvalue weighted by molar-refractivity contribution is 5.91. The summed E-state index contributed by atoms with van der Waals surface area (Å²) in [5.41, 5.74) is 3.90. The first kappa shape index (κ1) is 17.9. The van der Waals surface area contributed by atoms with Gasteiger partial charge in [0.1, 0.15) is 11.5 Å². The Balaban J connectivity index is 1.59. The first-order valence-electron chi connectivity index (χ1n) is 8.98. The van der Waals surface area contributed by atoms with Crippen molar-refractivity contribution in [3.05, 3.63) is 89.4 Å². The summed E-state index contributed by atoms with van der Waals surface area (Å²) in [6, 6.07) is 15.0. The highest BCUT2D eigenvalue weighted by Gasteiger charge is 2.22. The lowest BCUT2D eigenvalue weighted by atomic mass is 10.0. The largest absolute Gasteiger partial charge is 0.467 e. The highest BCUT2D eigenvalue weighted by Crippen LogP contribution is 2.26. The maximum absolute atomic E-state index is 12.8. The van der Waals surface area contributed by atoms with Gasteiger partial charge in [0.05, 0.1) is 25.6 Å². The number of furan rings is 2. The molecule has 0 atom stereocenters. The maximum atomic E-state index is 12.8. The molecule has 28 heavy (non-hydrogen) atoms. The van der Waals surface area contributed by atoms with Crippen LogP contribution in [0.2, 0.25) is 0 Å². The molecule has 142 valence electrons. The van der Waals surface area contributed by atoms with Crippen LogP contribution in [0.3, 0.4) is 0 Å². The smallest absolute Gasteiger partial charge is 0.290 e. The molecule has 0 aliphatic carbocycles. The third-order valence-corrected chi connectivity index (χ3v) is 4.52. The predicted octanol–water partition coefficient (Wildman–Crippen LogP) is 4.99. The van der Waals surface area contributed by atoms with Gasteiger partial charge in [-0.25, -0.2) is 0 Å². The normalized spacial score (nSPS) is 10.9. The third kappa shape index (κ3) is 3.76. The van der Waals surface area contributed by atoms with Gasteiger partial charge in [0.25, 0.3) is 5.91 Å². The molecule has 0 saturated carbocycles. The van der Waals surface area contributed by atoms with Gasteiger partial charge in [-0.3, -0.25) is 4.79 Å². The van der Waals surface area contributed by atoms with E-state index in [1.54, 1.807) is 29.4 Å². The molecule has 0 fully saturated rings. The standard InChI is InChI=1S/C22H20N2O4/c1-15-7-8-16(2)19(11-15)21-12-17(23-28-21)13-24(14-18-5-3-9-26-18)22(25)20-6-4-10-27-20/h3-12H,13-14H2,1-2H3. The Labute approximate surface area is 162 Å². The molecule has 0 saturated heterocycles. The number of benzene rings is 1. The second-order valence-corrected chi connectivity index (χ2v) is 6.72. The topological polar surface area (TPSA) is 72.6 Å². The van der Waals surface area contributed by atoms with Gasteiger partial charge in [0.15, 0.2) is 11.5 Å². The molecule has 1 amide bonds. The third-order valence-electron chi connectivity index (χ3n) is 4.52. The fraction of sp³-hybridized carbons (Fsp3) is 0.182. The van der Waals surface area contributed by atoms with E-state index < -0.39 is 0 Å². The number of hydrogen-bond acceptors (Lipinski definition) is 5. The summed E-state index contributed by atoms with van der Waals surface area (Å²) in [7, 11) is 0. The molecule has 1 aromatic carbocycles. The molecular weight excluding hydrogens is 356 g/mol. The summed E-state index contributed by atoms with van der Waals surface area (Å²) in [4.78, 5) is 14.5. The van der Waals surface area contributed by atoms with E-state index in [1.165, 1.54) is 6.26 Å². The first-order chi connectivity index (χ1) is 13.6. The minimum absolute atomic E-state index is 0.238. The van der Waals surface area contributed by atoms with Gasteiger partial charge in [-0.1, -0.05) is 22.9 Å². The van der Waals surface area contributed by atoms with E-state index >= 15 is 0 Å². The van der Waals surface area contributed by atoms with Crippen LogP contribution in [0, 0.1) is 13.8 Å². The predicted molar refractivity (Wildman–Crippen MR) is 102 cm³/mol. The summed E-state index contributed by atoms with van der Waals surface area (Å²) in [5.74, 6) is 1.39. The van der Waals surface area contributed by atoms with E-state index in [0.717, 1.165) is 16.7 Å². The summed E-state index contributed by atoms with van der Waals surface area (Å²) >= 11 is 0. The SMILES string of the molecule is Cc1ccc(C)c(-c2cc(CN(Cc3ccco3)C(=O)c3ccco3)no2)c1. The zero-order chi connectivity index (χ0) is 19.5. The van der Waals surface area contributed by atoms with Crippen molar-refractivity contribution >= 4 is 5.91 Å². The van der Waals surface area contributed by atoms with Crippen LogP contribution in [0.4, 0.5) is 0 Å². The molecule has 6 nitrogen and oxygen atoms in total. The molecule has 6 heteroatoms. The van der Waals surface area contributed by atoms with Crippen molar-refractivity contribution in [3.63, 3.8) is 0 Å². The molecular formula is C22H20N2O4. The number of carbonyl (C=O) groups is 1. The van der Waals surface area contributed by atoms with Crippen LogP contribution >= 0.6 is 0 Å². The van der Waals surface area contributed by atoms with Gasteiger partial charge in [-0.2, -0.15) is 0 Å². The molecule has 0 unspecified atom stereocenters. The molecule has 0 aliphatic rings. The second-order valence-electron chi connectivity index (χ2n) is 6.72. The monoisotopic (exact) mass is 376 g/mol. The quantitative estimate of drug-likeness (QED) is 0.474. The fourth-order valence-corrected chi connectivity index (χ4v) is 3.06. The average molecular weight is 376 g/mol. The van der Waals surface area contributed by atoms with Gasteiger partial charge in [-0.05, 0) is 49.7 Å². The van der Waals surface area contributed by atoms with Crippen molar-refractivity contribution in [2.45, 2.75) is 26.9 Å². The van der Waals surface area contributed by atoms with E-state index in [9.17, 15) is 4.79 Å². The van der Waals surface area contributed by atoms with Crippen molar-refractivity contribution in [1.29, 1.82) is 0 Å². The molecule has 4 aromatic rings. The number of nitrogens with zero attached hydrogens (tertiary/aromatic N) is 2. The summed E-state index contributed by atoms with van der Waals surface area (Å²) < 4.78 is 16.2. The lowest BCUT2D eigenvalue weighted by molar-refractivity contribution is 0.0681. The molecule has 0 bridgehead atoms. The van der Waals surface area contributed by atoms with Gasteiger partial charge in [0, 0.05) is 11.6 Å². The Morgan fingerprint density at radius 3 is 2.57 bits per heavy atom. The Bertz CT molecular complexity index is 1060. The first-order valence-corrected chi connectivity index (χ1v) is 8.98. The van der Waals surface area contributed by atoms with Crippen LogP contribution in [0.5, 0.6) is 0 Å². The van der Waals surface area contributed by atoms with Crippen LogP contribution in [0.15, 0.2) is 74.4 Å². The fourth-order valence-electron chi connectivity index (χ4n) is 3.06. The molecule has 3 aromatic heterocycles. The van der Waals surface area contributed by atoms with E-state index in [4.69, 9.17) is 13.4 Å². The molecule has 3 heterocycles. The number of rotatable bonds is 6. The number of hydrogen-bond donors (Lipinski definition) is 0. The van der Waals surface area contributed by atoms with E-state index in [2.05, 4.69) is 23.4 Å². The number of aromatic nitrogens is 1. The van der Waals surface area contributed by atoms with Crippen molar-refractivity contribution in [2.24, 2.45) is 0 Å². The average Bonchev–Trinajstić information content (AvgIpc) is 3.45. The maximum Gasteiger partial charge on any atom is 0.290 e. The second kappa shape index (κ2) is 7.60. The lowest BCUT2D eigenvalue weighted by Crippen LogP contribution is -2.29. The molecule has 0 N–H and O–H groups in total. The molecule has 0 aliphatic heterocycles.